The Hall–Kier alpha value is -2.79. The Balaban J connectivity index is 1.90. The number of rotatable bonds is 7. The Bertz CT molecular complexity index is 982. The van der Waals surface area contributed by atoms with Crippen molar-refractivity contribution >= 4 is 5.78 Å². The summed E-state index contributed by atoms with van der Waals surface area (Å²) in [6.07, 6.45) is 1.00. The van der Waals surface area contributed by atoms with Crippen LogP contribution in [0, 0.1) is 0 Å². The molecule has 3 aromatic rings. The minimum atomic E-state index is -0.0317. The Kier molecular flexibility index (Phi) is 6.28. The lowest BCUT2D eigenvalue weighted by Crippen LogP contribution is -2.15. The van der Waals surface area contributed by atoms with Crippen LogP contribution in [0.4, 0.5) is 0 Å². The van der Waals surface area contributed by atoms with Gasteiger partial charge >= 0.3 is 0 Å². The van der Waals surface area contributed by atoms with Crippen LogP contribution < -0.4 is 0 Å². The molecule has 0 saturated heterocycles. The topological polar surface area (TPSA) is 65.2 Å². The summed E-state index contributed by atoms with van der Waals surface area (Å²) in [6, 6.07) is 13.4. The van der Waals surface area contributed by atoms with Gasteiger partial charge in [0.25, 0.3) is 5.89 Å². The fourth-order valence-electron chi connectivity index (χ4n) is 3.17. The molecule has 2 aromatic carbocycles. The van der Waals surface area contributed by atoms with Gasteiger partial charge in [-0.2, -0.15) is 4.98 Å². The molecule has 0 fully saturated rings. The lowest BCUT2D eigenvalue weighted by molar-refractivity contribution is 0.101. The van der Waals surface area contributed by atoms with Crippen LogP contribution in [0.25, 0.3) is 22.8 Å². The molecule has 0 spiro atoms. The van der Waals surface area contributed by atoms with Crippen LogP contribution in [-0.2, 0) is 16.8 Å². The molecule has 5 nitrogen and oxygen atoms in total. The van der Waals surface area contributed by atoms with Crippen LogP contribution in [0.3, 0.4) is 0 Å². The van der Waals surface area contributed by atoms with Gasteiger partial charge in [-0.1, -0.05) is 57.1 Å². The van der Waals surface area contributed by atoms with Crippen LogP contribution in [0.2, 0.25) is 0 Å². The number of hydrogen-bond acceptors (Lipinski definition) is 5. The van der Waals surface area contributed by atoms with Crippen LogP contribution in [0.5, 0.6) is 0 Å². The predicted molar refractivity (Wildman–Crippen MR) is 114 cm³/mol. The monoisotopic (exact) mass is 392 g/mol. The number of ketones is 1. The van der Waals surface area contributed by atoms with E-state index in [0.29, 0.717) is 23.9 Å². The van der Waals surface area contributed by atoms with Gasteiger partial charge in [0, 0.05) is 23.3 Å². The molecule has 0 saturated carbocycles. The number of nitrogens with zero attached hydrogens (tertiary/aromatic N) is 2. The third-order valence-electron chi connectivity index (χ3n) is 4.75. The maximum atomic E-state index is 11.4. The van der Waals surface area contributed by atoms with Crippen molar-refractivity contribution in [3.63, 3.8) is 0 Å². The third-order valence-corrected chi connectivity index (χ3v) is 4.75. The zero-order chi connectivity index (χ0) is 21.0. The Morgan fingerprint density at radius 1 is 1.07 bits per heavy atom. The predicted octanol–water partition coefficient (Wildman–Crippen LogP) is 5.83. The normalized spacial score (nSPS) is 11.6. The van der Waals surface area contributed by atoms with Crippen molar-refractivity contribution in [1.82, 2.24) is 10.1 Å². The number of benzene rings is 2. The smallest absolute Gasteiger partial charge is 0.258 e. The molecule has 0 atom stereocenters. The van der Waals surface area contributed by atoms with Gasteiger partial charge in [-0.3, -0.25) is 4.79 Å². The van der Waals surface area contributed by atoms with Gasteiger partial charge in [-0.15, -0.1) is 0 Å². The molecule has 0 aliphatic carbocycles. The number of aromatic nitrogens is 2. The molecular weight excluding hydrogens is 364 g/mol. The van der Waals surface area contributed by atoms with Crippen molar-refractivity contribution < 1.29 is 14.1 Å². The lowest BCUT2D eigenvalue weighted by atomic mass is 9.83. The molecule has 0 N–H and O–H groups in total. The summed E-state index contributed by atoms with van der Waals surface area (Å²) < 4.78 is 11.2. The molecule has 0 aliphatic rings. The third kappa shape index (κ3) is 4.98. The summed E-state index contributed by atoms with van der Waals surface area (Å²) in [6.45, 7) is 11.6. The molecule has 0 bridgehead atoms. The van der Waals surface area contributed by atoms with Crippen molar-refractivity contribution in [2.45, 2.75) is 53.1 Å². The first kappa shape index (κ1) is 20.9. The summed E-state index contributed by atoms with van der Waals surface area (Å²) in [7, 11) is 0. The molecule has 0 amide bonds. The Morgan fingerprint density at radius 3 is 2.38 bits per heavy atom. The van der Waals surface area contributed by atoms with Crippen molar-refractivity contribution in [2.75, 3.05) is 6.61 Å². The van der Waals surface area contributed by atoms with Gasteiger partial charge in [0.05, 0.1) is 6.61 Å². The largest absolute Gasteiger partial charge is 0.377 e. The van der Waals surface area contributed by atoms with Gasteiger partial charge in [-0.25, -0.2) is 0 Å². The lowest BCUT2D eigenvalue weighted by Gasteiger charge is -2.23. The molecule has 29 heavy (non-hydrogen) atoms. The number of ether oxygens (including phenoxy) is 1. The van der Waals surface area contributed by atoms with Crippen LogP contribution in [0.1, 0.15) is 62.5 Å². The molecule has 0 unspecified atom stereocenters. The van der Waals surface area contributed by atoms with E-state index in [1.54, 1.807) is 19.1 Å². The number of carbonyl (C=O) groups is 1. The van der Waals surface area contributed by atoms with Gasteiger partial charge in [0.1, 0.15) is 0 Å². The second kappa shape index (κ2) is 8.70. The highest BCUT2D eigenvalue weighted by molar-refractivity contribution is 5.94. The second-order valence-corrected chi connectivity index (χ2v) is 8.23. The highest BCUT2D eigenvalue weighted by atomic mass is 16.5. The fourth-order valence-corrected chi connectivity index (χ4v) is 3.17. The summed E-state index contributed by atoms with van der Waals surface area (Å²) in [5.41, 5.74) is 4.71. The molecule has 1 aromatic heterocycles. The molecule has 1 heterocycles. The molecule has 0 radical (unpaired) electrons. The summed E-state index contributed by atoms with van der Waals surface area (Å²) in [5.74, 6) is 1.01. The molecule has 3 rings (SSSR count). The quantitative estimate of drug-likeness (QED) is 0.374. The standard InChI is InChI=1S/C24H28N2O3/c1-6-13-28-15-20-12-11-19(14-21(20)24(3,4)5)22-25-23(29-26-22)18-9-7-17(8-10-18)16(2)27/h7-12,14H,6,13,15H2,1-5H3. The van der Waals surface area contributed by atoms with Crippen molar-refractivity contribution in [1.29, 1.82) is 0 Å². The first-order valence-electron chi connectivity index (χ1n) is 9.96. The average molecular weight is 392 g/mol. The van der Waals surface area contributed by atoms with Gasteiger partial charge < -0.3 is 9.26 Å². The average Bonchev–Trinajstić information content (AvgIpc) is 3.18. The van der Waals surface area contributed by atoms with Crippen molar-refractivity contribution in [3.05, 3.63) is 59.2 Å². The maximum absolute atomic E-state index is 11.4. The van der Waals surface area contributed by atoms with E-state index >= 15 is 0 Å². The van der Waals surface area contributed by atoms with E-state index < -0.39 is 0 Å². The van der Waals surface area contributed by atoms with E-state index in [-0.39, 0.29) is 11.2 Å². The molecular formula is C24H28N2O3. The summed E-state index contributed by atoms with van der Waals surface area (Å²) in [4.78, 5) is 16.0. The van der Waals surface area contributed by atoms with Crippen LogP contribution in [-0.4, -0.2) is 22.5 Å². The van der Waals surface area contributed by atoms with Crippen LogP contribution >= 0.6 is 0 Å². The van der Waals surface area contributed by atoms with Gasteiger partial charge in [0.2, 0.25) is 5.82 Å². The minimum Gasteiger partial charge on any atom is -0.377 e. The van der Waals surface area contributed by atoms with Gasteiger partial charge in [-0.05, 0) is 48.1 Å². The first-order chi connectivity index (χ1) is 13.8. The van der Waals surface area contributed by atoms with E-state index in [9.17, 15) is 4.79 Å². The fraction of sp³-hybridized carbons (Fsp3) is 0.375. The Morgan fingerprint density at radius 2 is 1.76 bits per heavy atom. The highest BCUT2D eigenvalue weighted by Crippen LogP contribution is 2.31. The highest BCUT2D eigenvalue weighted by Gasteiger charge is 2.20. The number of carbonyl (C=O) groups excluding carboxylic acids is 1. The second-order valence-electron chi connectivity index (χ2n) is 8.23. The van der Waals surface area contributed by atoms with E-state index in [2.05, 4.69) is 50.0 Å². The van der Waals surface area contributed by atoms with Gasteiger partial charge in [0.15, 0.2) is 5.78 Å². The maximum Gasteiger partial charge on any atom is 0.258 e. The SMILES string of the molecule is CCCOCc1ccc(-c2noc(-c3ccc(C(C)=O)cc3)n2)cc1C(C)(C)C. The van der Waals surface area contributed by atoms with Crippen molar-refractivity contribution in [3.8, 4) is 22.8 Å². The summed E-state index contributed by atoms with van der Waals surface area (Å²) >= 11 is 0. The van der Waals surface area contributed by atoms with E-state index in [4.69, 9.17) is 9.26 Å². The number of Topliss-reactive ketones (excluding diaryl/α,β-unsaturated/α-hetero) is 1. The summed E-state index contributed by atoms with van der Waals surface area (Å²) in [5, 5.41) is 4.16. The number of hydrogen-bond donors (Lipinski definition) is 0. The zero-order valence-corrected chi connectivity index (χ0v) is 17.8. The van der Waals surface area contributed by atoms with Crippen molar-refractivity contribution in [2.24, 2.45) is 0 Å². The zero-order valence-electron chi connectivity index (χ0n) is 17.8. The molecule has 5 heteroatoms. The molecule has 0 aliphatic heterocycles. The Labute approximate surface area is 172 Å². The van der Waals surface area contributed by atoms with E-state index in [0.717, 1.165) is 24.2 Å². The van der Waals surface area contributed by atoms with Crippen LogP contribution in [0.15, 0.2) is 47.0 Å². The first-order valence-corrected chi connectivity index (χ1v) is 9.96. The van der Waals surface area contributed by atoms with E-state index in [1.807, 2.05) is 18.2 Å². The molecule has 152 valence electrons. The van der Waals surface area contributed by atoms with E-state index in [1.165, 1.54) is 11.1 Å². The minimum absolute atomic E-state index is 0.0282.